The molecule has 2 aromatic carbocycles. The number of pyridine rings is 1. The zero-order valence-corrected chi connectivity index (χ0v) is 24.8. The number of anilines is 2. The fourth-order valence-electron chi connectivity index (χ4n) is 4.78. The molecular weight excluding hydrogens is 562 g/mol. The number of hydrogen-bond acceptors (Lipinski definition) is 3. The summed E-state index contributed by atoms with van der Waals surface area (Å²) in [7, 11) is 0. The van der Waals surface area contributed by atoms with Crippen molar-refractivity contribution >= 4 is 11.4 Å². The summed E-state index contributed by atoms with van der Waals surface area (Å²) in [5.41, 5.74) is 11.9. The van der Waals surface area contributed by atoms with Crippen LogP contribution in [0.1, 0.15) is 45.5 Å². The molecule has 189 valence electrons. The van der Waals surface area contributed by atoms with Crippen LogP contribution in [0.25, 0.3) is 0 Å². The van der Waals surface area contributed by atoms with Crippen LogP contribution in [0.4, 0.5) is 11.4 Å². The normalized spacial score (nSPS) is 12.1. The van der Waals surface area contributed by atoms with Crippen LogP contribution in [0.3, 0.4) is 0 Å². The first-order valence-electron chi connectivity index (χ1n) is 11.4. The van der Waals surface area contributed by atoms with E-state index in [0.29, 0.717) is 6.42 Å². The van der Waals surface area contributed by atoms with Gasteiger partial charge in [-0.1, -0.05) is 41.5 Å². The number of hydrogen-bond donors (Lipinski definition) is 0. The molecule has 4 rings (SSSR count). The molecule has 35 heavy (non-hydrogen) atoms. The summed E-state index contributed by atoms with van der Waals surface area (Å²) in [4.78, 5) is 8.90. The fraction of sp³-hybridized carbons (Fsp3) is 0.345. The summed E-state index contributed by atoms with van der Waals surface area (Å²) in [6.07, 6.45) is 3.34. The van der Waals surface area contributed by atoms with E-state index < -0.39 is 0 Å². The van der Waals surface area contributed by atoms with Crippen LogP contribution in [0.5, 0.6) is 0 Å². The summed E-state index contributed by atoms with van der Waals surface area (Å²) in [5, 5.41) is 0. The van der Waals surface area contributed by atoms with Gasteiger partial charge in [-0.05, 0) is 95.7 Å². The third kappa shape index (κ3) is 8.78. The van der Waals surface area contributed by atoms with Gasteiger partial charge < -0.3 is 34.6 Å². The molecular formula is C29H36Cl2N3Ru. The van der Waals surface area contributed by atoms with Gasteiger partial charge in [0.25, 0.3) is 0 Å². The Bertz CT molecular complexity index is 948. The molecule has 1 aliphatic rings. The molecule has 1 fully saturated rings. The third-order valence-corrected chi connectivity index (χ3v) is 5.83. The van der Waals surface area contributed by atoms with Crippen molar-refractivity contribution in [2.45, 2.75) is 54.4 Å². The van der Waals surface area contributed by atoms with Crippen LogP contribution >= 0.6 is 0 Å². The Kier molecular flexibility index (Phi) is 14.8. The van der Waals surface area contributed by atoms with Crippen molar-refractivity contribution < 1.29 is 44.3 Å². The first-order valence-corrected chi connectivity index (χ1v) is 11.4. The molecule has 0 amide bonds. The van der Waals surface area contributed by atoms with E-state index in [4.69, 9.17) is 6.92 Å². The van der Waals surface area contributed by atoms with Crippen LogP contribution in [0.2, 0.25) is 0 Å². The molecule has 0 aliphatic carbocycles. The van der Waals surface area contributed by atoms with Crippen molar-refractivity contribution in [3.05, 3.63) is 101 Å². The molecule has 0 atom stereocenters. The van der Waals surface area contributed by atoms with Crippen molar-refractivity contribution in [1.29, 1.82) is 0 Å². The van der Waals surface area contributed by atoms with Gasteiger partial charge in [-0.15, -0.1) is 0 Å². The zero-order valence-electron chi connectivity index (χ0n) is 21.6. The minimum Gasteiger partial charge on any atom is -1.00 e. The monoisotopic (exact) mass is 598 g/mol. The van der Waals surface area contributed by atoms with Gasteiger partial charge in [0, 0.05) is 36.4 Å². The molecule has 3 aromatic rings. The van der Waals surface area contributed by atoms with Crippen LogP contribution < -0.4 is 34.6 Å². The van der Waals surface area contributed by atoms with E-state index in [-0.39, 0.29) is 44.3 Å². The predicted molar refractivity (Wildman–Crippen MR) is 137 cm³/mol. The average molecular weight is 599 g/mol. The number of benzene rings is 2. The van der Waals surface area contributed by atoms with Crippen molar-refractivity contribution in [3.63, 3.8) is 0 Å². The van der Waals surface area contributed by atoms with Crippen molar-refractivity contribution in [2.24, 2.45) is 0 Å². The van der Waals surface area contributed by atoms with Gasteiger partial charge in [-0.2, -0.15) is 0 Å². The Hall–Kier alpha value is -1.61. The summed E-state index contributed by atoms with van der Waals surface area (Å²) >= 11 is 0. The molecule has 6 heteroatoms. The van der Waals surface area contributed by atoms with Gasteiger partial charge in [-0.3, -0.25) is 4.98 Å². The number of nitrogens with zero attached hydrogens (tertiary/aromatic N) is 3. The molecule has 1 saturated heterocycles. The van der Waals surface area contributed by atoms with Crippen molar-refractivity contribution in [1.82, 2.24) is 4.98 Å². The maximum Gasteiger partial charge on any atom is 2.00 e. The van der Waals surface area contributed by atoms with Gasteiger partial charge in [0.2, 0.25) is 0 Å². The Labute approximate surface area is 238 Å². The largest absolute Gasteiger partial charge is 2.00 e. The Morgan fingerprint density at radius 1 is 0.743 bits per heavy atom. The standard InChI is InChI=1S/C21H27N2.C8H9N.2ClH.Ru/c1-14-9-16(3)20(17(4)10-14)22-7-8-23(13-22)21-18(5)11-15(2)12-19(21)6;1-2-5-8-6-3-4-7-9-8;;;/h9-13H,7-8H2,1-6H3;1,3-4,6-7H,2,5H2;2*1H;/q;;;;+2/p-2. The Morgan fingerprint density at radius 3 is 1.51 bits per heavy atom. The molecule has 2 heterocycles. The summed E-state index contributed by atoms with van der Waals surface area (Å²) < 4.78 is 0. The van der Waals surface area contributed by atoms with Crippen LogP contribution in [-0.2, 0) is 25.9 Å². The fourth-order valence-corrected chi connectivity index (χ4v) is 4.78. The van der Waals surface area contributed by atoms with Gasteiger partial charge >= 0.3 is 19.5 Å². The van der Waals surface area contributed by atoms with Gasteiger partial charge in [-0.25, -0.2) is 0 Å². The van der Waals surface area contributed by atoms with Gasteiger partial charge in [0.1, 0.15) is 6.67 Å². The van der Waals surface area contributed by atoms with E-state index in [1.807, 2.05) is 18.2 Å². The Morgan fingerprint density at radius 2 is 1.17 bits per heavy atom. The predicted octanol–water partition coefficient (Wildman–Crippen LogP) is 0.714. The van der Waals surface area contributed by atoms with Gasteiger partial charge in [0.05, 0.1) is 0 Å². The number of rotatable bonds is 4. The average Bonchev–Trinajstić information content (AvgIpc) is 3.17. The maximum absolute atomic E-state index is 5.32. The summed E-state index contributed by atoms with van der Waals surface area (Å²) in [6.45, 7) is 22.9. The minimum atomic E-state index is 0. The van der Waals surface area contributed by atoms with E-state index in [1.54, 1.807) is 6.20 Å². The number of halogens is 2. The Balaban J connectivity index is 0.000000826. The molecule has 0 spiro atoms. The van der Waals surface area contributed by atoms with Gasteiger partial charge in [0.15, 0.2) is 0 Å². The van der Waals surface area contributed by atoms with E-state index >= 15 is 0 Å². The summed E-state index contributed by atoms with van der Waals surface area (Å²) in [5.74, 6) is 0. The zero-order chi connectivity index (χ0) is 23.3. The molecule has 0 saturated carbocycles. The van der Waals surface area contributed by atoms with Crippen molar-refractivity contribution in [2.75, 3.05) is 22.9 Å². The first kappa shape index (κ1) is 33.4. The smallest absolute Gasteiger partial charge is 1.00 e. The topological polar surface area (TPSA) is 19.4 Å². The van der Waals surface area contributed by atoms with Crippen molar-refractivity contribution in [3.8, 4) is 0 Å². The minimum absolute atomic E-state index is 0. The molecule has 3 nitrogen and oxygen atoms in total. The maximum atomic E-state index is 5.32. The second-order valence-electron chi connectivity index (χ2n) is 8.86. The molecule has 1 aliphatic heterocycles. The van der Waals surface area contributed by atoms with E-state index in [1.165, 1.54) is 44.8 Å². The molecule has 0 bridgehead atoms. The third-order valence-electron chi connectivity index (χ3n) is 5.83. The molecule has 0 N–H and O–H groups in total. The van der Waals surface area contributed by atoms with Crippen LogP contribution in [0.15, 0.2) is 48.7 Å². The summed E-state index contributed by atoms with van der Waals surface area (Å²) in [6, 6.07) is 15.0. The number of aromatic nitrogens is 1. The van der Waals surface area contributed by atoms with Crippen LogP contribution in [0, 0.1) is 55.1 Å². The van der Waals surface area contributed by atoms with E-state index in [9.17, 15) is 0 Å². The SMILES string of the molecule is Cc1cc(C)c(N2[CH]N(c3c(C)cc(C)cc3C)CC2)c(C)c1.[CH]CCc1ccccn1.[Cl-].[Cl-].[Ru+2]. The second kappa shape index (κ2) is 15.5. The molecule has 0 unspecified atom stereocenters. The van der Waals surface area contributed by atoms with E-state index in [0.717, 1.165) is 25.2 Å². The van der Waals surface area contributed by atoms with E-state index in [2.05, 4.69) is 87.3 Å². The first-order chi connectivity index (χ1) is 15.3. The molecule has 1 aromatic heterocycles. The number of aryl methyl sites for hydroxylation is 7. The molecule has 3 radical (unpaired) electrons. The van der Waals surface area contributed by atoms with Crippen LogP contribution in [-0.4, -0.2) is 18.1 Å². The quantitative estimate of drug-likeness (QED) is 0.413. The second-order valence-corrected chi connectivity index (χ2v) is 8.86.